The van der Waals surface area contributed by atoms with Gasteiger partial charge >= 0.3 is 0 Å². The zero-order valence-electron chi connectivity index (χ0n) is 19.9. The number of para-hydroxylation sites is 1. The fourth-order valence-electron chi connectivity index (χ4n) is 4.73. The highest BCUT2D eigenvalue weighted by Crippen LogP contribution is 2.38. The number of fused-ring (bicyclic) bond motifs is 2. The lowest BCUT2D eigenvalue weighted by Crippen LogP contribution is -2.35. The van der Waals surface area contributed by atoms with Gasteiger partial charge in [-0.1, -0.05) is 18.2 Å². The number of pyridine rings is 2. The monoisotopic (exact) mass is 492 g/mol. The van der Waals surface area contributed by atoms with Gasteiger partial charge in [-0.25, -0.2) is 13.2 Å². The lowest BCUT2D eigenvalue weighted by atomic mass is 9.98. The largest absolute Gasteiger partial charge is 0.493 e. The van der Waals surface area contributed by atoms with Crippen LogP contribution in [0.3, 0.4) is 0 Å². The molecular weight excluding hydrogens is 469 g/mol. The minimum Gasteiger partial charge on any atom is -0.493 e. The zero-order valence-corrected chi connectivity index (χ0v) is 19.9. The molecule has 0 saturated carbocycles. The molecule has 9 heteroatoms. The number of nitrogens with zero attached hydrogens (tertiary/aromatic N) is 4. The minimum absolute atomic E-state index is 0.0165. The van der Waals surface area contributed by atoms with Gasteiger partial charge in [0.05, 0.1) is 35.1 Å². The van der Waals surface area contributed by atoms with Crippen LogP contribution in [-0.4, -0.2) is 48.5 Å². The number of aromatic nitrogens is 2. The Morgan fingerprint density at radius 2 is 1.83 bits per heavy atom. The molecule has 2 aromatic carbocycles. The summed E-state index contributed by atoms with van der Waals surface area (Å²) in [4.78, 5) is 25.8. The number of carbonyl (C=O) groups excluding carboxylic acids is 1. The summed E-state index contributed by atoms with van der Waals surface area (Å²) in [6, 6.07) is 10.4. The first-order chi connectivity index (χ1) is 17.3. The third kappa shape index (κ3) is 3.90. The van der Waals surface area contributed by atoms with E-state index >= 15 is 0 Å². The third-order valence-corrected chi connectivity index (χ3v) is 6.40. The molecule has 5 rings (SSSR count). The summed E-state index contributed by atoms with van der Waals surface area (Å²) in [5, 5.41) is 0.501. The van der Waals surface area contributed by atoms with Crippen molar-refractivity contribution in [2.45, 2.75) is 12.5 Å². The number of carbonyl (C=O) groups is 1. The highest BCUT2D eigenvalue weighted by atomic mass is 19.2. The number of benzene rings is 2. The Labute approximate surface area is 206 Å². The maximum absolute atomic E-state index is 14.6. The maximum Gasteiger partial charge on any atom is 0.257 e. The summed E-state index contributed by atoms with van der Waals surface area (Å²) in [5.41, 5.74) is 1.67. The van der Waals surface area contributed by atoms with Gasteiger partial charge in [-0.3, -0.25) is 14.8 Å². The first kappa shape index (κ1) is 23.6. The molecule has 0 unspecified atom stereocenters. The Hall–Kier alpha value is -4.14. The molecule has 0 radical (unpaired) electrons. The number of anilines is 1. The molecule has 6 nitrogen and oxygen atoms in total. The SMILES string of the molecule is CN(C)c1c(C(=O)N(C)[C@H]2CCOc3ccccc32)cnc2c(-c3cc(F)cc(F)c3F)nccc12. The molecule has 2 aromatic heterocycles. The summed E-state index contributed by atoms with van der Waals surface area (Å²) in [6.07, 6.45) is 3.44. The normalized spacial score (nSPS) is 14.8. The van der Waals surface area contributed by atoms with Gasteiger partial charge in [0.1, 0.15) is 11.6 Å². The van der Waals surface area contributed by atoms with E-state index in [2.05, 4.69) is 9.97 Å². The molecule has 1 aliphatic heterocycles. The Kier molecular flexibility index (Phi) is 5.99. The van der Waals surface area contributed by atoms with Crippen molar-refractivity contribution < 1.29 is 22.7 Å². The Balaban J connectivity index is 1.63. The Morgan fingerprint density at radius 1 is 1.06 bits per heavy atom. The molecule has 0 N–H and O–H groups in total. The van der Waals surface area contributed by atoms with Crippen LogP contribution in [-0.2, 0) is 0 Å². The van der Waals surface area contributed by atoms with E-state index in [1.165, 1.54) is 12.4 Å². The smallest absolute Gasteiger partial charge is 0.257 e. The lowest BCUT2D eigenvalue weighted by molar-refractivity contribution is 0.0687. The van der Waals surface area contributed by atoms with Crippen molar-refractivity contribution in [3.63, 3.8) is 0 Å². The Bertz CT molecular complexity index is 1490. The Morgan fingerprint density at radius 3 is 2.61 bits per heavy atom. The molecule has 1 amide bonds. The fraction of sp³-hybridized carbons (Fsp3) is 0.222. The van der Waals surface area contributed by atoms with Crippen molar-refractivity contribution in [2.75, 3.05) is 32.6 Å². The van der Waals surface area contributed by atoms with E-state index in [9.17, 15) is 18.0 Å². The maximum atomic E-state index is 14.6. The van der Waals surface area contributed by atoms with Crippen molar-refractivity contribution in [3.05, 3.63) is 83.4 Å². The fourth-order valence-corrected chi connectivity index (χ4v) is 4.73. The van der Waals surface area contributed by atoms with E-state index in [0.717, 1.165) is 17.4 Å². The van der Waals surface area contributed by atoms with Gasteiger partial charge in [0.2, 0.25) is 0 Å². The highest BCUT2D eigenvalue weighted by Gasteiger charge is 2.30. The minimum atomic E-state index is -1.32. The molecule has 0 aliphatic carbocycles. The number of hydrogen-bond acceptors (Lipinski definition) is 5. The van der Waals surface area contributed by atoms with E-state index in [1.807, 2.05) is 24.3 Å². The third-order valence-electron chi connectivity index (χ3n) is 6.40. The van der Waals surface area contributed by atoms with Crippen LogP contribution >= 0.6 is 0 Å². The van der Waals surface area contributed by atoms with Crippen molar-refractivity contribution in [3.8, 4) is 17.0 Å². The van der Waals surface area contributed by atoms with Gasteiger partial charge in [0, 0.05) is 62.5 Å². The van der Waals surface area contributed by atoms with Gasteiger partial charge in [-0.15, -0.1) is 0 Å². The van der Waals surface area contributed by atoms with Crippen LogP contribution in [0.15, 0.2) is 54.9 Å². The van der Waals surface area contributed by atoms with Crippen LogP contribution in [0.2, 0.25) is 0 Å². The summed E-state index contributed by atoms with van der Waals surface area (Å²) in [6.45, 7) is 0.487. The molecule has 1 aliphatic rings. The standard InChI is InChI=1S/C27H23F3N4O2/c1-33(2)26-17-8-10-31-25(18-12-15(28)13-20(29)23(18)30)24(17)32-14-19(26)27(35)34(3)21-9-11-36-22-7-5-4-6-16(21)22/h4-8,10,12-14,21H,9,11H2,1-3H3/t21-/m0/s1. The average Bonchev–Trinajstić information content (AvgIpc) is 2.88. The van der Waals surface area contributed by atoms with Gasteiger partial charge in [-0.2, -0.15) is 0 Å². The number of amides is 1. The second-order valence-corrected chi connectivity index (χ2v) is 8.83. The number of rotatable bonds is 4. The van der Waals surface area contributed by atoms with Crippen molar-refractivity contribution >= 4 is 22.5 Å². The average molecular weight is 493 g/mol. The second-order valence-electron chi connectivity index (χ2n) is 8.83. The summed E-state index contributed by atoms with van der Waals surface area (Å²) in [5.74, 6) is -2.97. The molecule has 3 heterocycles. The first-order valence-electron chi connectivity index (χ1n) is 11.4. The molecule has 0 saturated heterocycles. The quantitative estimate of drug-likeness (QED) is 0.358. The molecule has 184 valence electrons. The van der Waals surface area contributed by atoms with Gasteiger partial charge in [0.15, 0.2) is 11.6 Å². The number of halogens is 3. The van der Waals surface area contributed by atoms with E-state index < -0.39 is 17.5 Å². The molecule has 0 fully saturated rings. The summed E-state index contributed by atoms with van der Waals surface area (Å²) >= 11 is 0. The first-order valence-corrected chi connectivity index (χ1v) is 11.4. The molecule has 1 atom stereocenters. The van der Waals surface area contributed by atoms with Gasteiger partial charge in [0.25, 0.3) is 5.91 Å². The van der Waals surface area contributed by atoms with Crippen LogP contribution < -0.4 is 9.64 Å². The van der Waals surface area contributed by atoms with Crippen molar-refractivity contribution in [1.82, 2.24) is 14.9 Å². The van der Waals surface area contributed by atoms with Crippen LogP contribution in [0.5, 0.6) is 5.75 Å². The highest BCUT2D eigenvalue weighted by molar-refractivity contribution is 6.09. The van der Waals surface area contributed by atoms with Crippen LogP contribution in [0, 0.1) is 17.5 Å². The lowest BCUT2D eigenvalue weighted by Gasteiger charge is -2.34. The summed E-state index contributed by atoms with van der Waals surface area (Å²) in [7, 11) is 5.29. The molecular formula is C27H23F3N4O2. The van der Waals surface area contributed by atoms with Crippen molar-refractivity contribution in [2.24, 2.45) is 0 Å². The molecule has 0 spiro atoms. The second kappa shape index (κ2) is 9.14. The molecule has 4 aromatic rings. The zero-order chi connectivity index (χ0) is 25.6. The molecule has 36 heavy (non-hydrogen) atoms. The van der Waals surface area contributed by atoms with Crippen LogP contribution in [0.4, 0.5) is 18.9 Å². The van der Waals surface area contributed by atoms with E-state index in [0.29, 0.717) is 35.7 Å². The van der Waals surface area contributed by atoms with E-state index in [4.69, 9.17) is 4.74 Å². The van der Waals surface area contributed by atoms with Gasteiger partial charge < -0.3 is 14.5 Å². The van der Waals surface area contributed by atoms with Crippen LogP contribution in [0.25, 0.3) is 22.2 Å². The topological polar surface area (TPSA) is 58.6 Å². The number of ether oxygens (including phenoxy) is 1. The van der Waals surface area contributed by atoms with Gasteiger partial charge in [-0.05, 0) is 18.2 Å². The van der Waals surface area contributed by atoms with Crippen molar-refractivity contribution in [1.29, 1.82) is 0 Å². The predicted molar refractivity (Wildman–Crippen MR) is 131 cm³/mol. The van der Waals surface area contributed by atoms with E-state index in [1.54, 1.807) is 37.0 Å². The van der Waals surface area contributed by atoms with E-state index in [-0.39, 0.29) is 28.7 Å². The molecule has 0 bridgehead atoms. The predicted octanol–water partition coefficient (Wildman–Crippen LogP) is 5.38. The summed E-state index contributed by atoms with van der Waals surface area (Å²) < 4.78 is 48.2. The number of hydrogen-bond donors (Lipinski definition) is 0. The van der Waals surface area contributed by atoms with Crippen LogP contribution in [0.1, 0.15) is 28.4 Å².